The Labute approximate surface area is 177 Å². The van der Waals surface area contributed by atoms with Crippen molar-refractivity contribution >= 4 is 52.2 Å². The van der Waals surface area contributed by atoms with Crippen LogP contribution in [0.15, 0.2) is 48.5 Å². The summed E-state index contributed by atoms with van der Waals surface area (Å²) in [6.07, 6.45) is 0. The number of fused-ring (bicyclic) bond motifs is 2. The molecule has 1 aliphatic carbocycles. The Morgan fingerprint density at radius 3 is 2.50 bits per heavy atom. The summed E-state index contributed by atoms with van der Waals surface area (Å²) in [5.41, 5.74) is 3.61. The fourth-order valence-corrected chi connectivity index (χ4v) is 7.50. The summed E-state index contributed by atoms with van der Waals surface area (Å²) in [6, 6.07) is 17.0. The van der Waals surface area contributed by atoms with Gasteiger partial charge < -0.3 is 0 Å². The third kappa shape index (κ3) is 3.37. The Hall–Kier alpha value is -2.13. The second-order valence-corrected chi connectivity index (χ2v) is 11.3. The van der Waals surface area contributed by atoms with Gasteiger partial charge in [-0.25, -0.2) is 0 Å². The first kappa shape index (κ1) is 19.2. The molecule has 0 saturated carbocycles. The van der Waals surface area contributed by atoms with E-state index < -0.39 is 26.4 Å². The summed E-state index contributed by atoms with van der Waals surface area (Å²) in [7, 11) is 8.25. The average Bonchev–Trinajstić information content (AvgIpc) is 3.15. The van der Waals surface area contributed by atoms with Crippen molar-refractivity contribution in [2.75, 3.05) is 33.1 Å². The van der Waals surface area contributed by atoms with Crippen molar-refractivity contribution in [3.05, 3.63) is 58.8 Å². The zero-order valence-corrected chi connectivity index (χ0v) is 19.3. The molecule has 0 radical (unpaired) electrons. The summed E-state index contributed by atoms with van der Waals surface area (Å²) >= 11 is 0.816. The van der Waals surface area contributed by atoms with Gasteiger partial charge in [-0.2, -0.15) is 0 Å². The quantitative estimate of drug-likeness (QED) is 0.264. The molecule has 4 rings (SSSR count). The topological polar surface area (TPSA) is 43.6 Å². The molecule has 1 N–H and O–H groups in total. The van der Waals surface area contributed by atoms with E-state index in [9.17, 15) is 9.90 Å². The van der Waals surface area contributed by atoms with E-state index >= 15 is 0 Å². The SMILES string of the molecule is CN(C)c1ccc2c(-c3ccc(C(=O)O)s3)c3ccc(=[N+](C)C)cc-3[te]c2c1. The van der Waals surface area contributed by atoms with Crippen molar-refractivity contribution < 1.29 is 9.90 Å². The fourth-order valence-electron chi connectivity index (χ4n) is 3.28. The molecule has 0 unspecified atom stereocenters. The molecule has 1 aliphatic heterocycles. The maximum atomic E-state index is 11.4. The van der Waals surface area contributed by atoms with Gasteiger partial charge >= 0.3 is 178 Å². The van der Waals surface area contributed by atoms with E-state index in [0.717, 1.165) is 10.4 Å². The maximum absolute atomic E-state index is 11.4. The van der Waals surface area contributed by atoms with Crippen LogP contribution in [-0.2, 0) is 0 Å². The first-order chi connectivity index (χ1) is 13.3. The summed E-state index contributed by atoms with van der Waals surface area (Å²) in [4.78, 5) is 14.9. The number of hydrogen-bond acceptors (Lipinski definition) is 3. The van der Waals surface area contributed by atoms with Crippen molar-refractivity contribution in [2.45, 2.75) is 0 Å². The minimum absolute atomic E-state index is 0.377. The van der Waals surface area contributed by atoms with E-state index in [4.69, 9.17) is 0 Å². The molecule has 0 atom stereocenters. The second kappa shape index (κ2) is 7.36. The van der Waals surface area contributed by atoms with Gasteiger partial charge in [-0.3, -0.25) is 0 Å². The Balaban J connectivity index is 2.11. The summed E-state index contributed by atoms with van der Waals surface area (Å²) in [6.45, 7) is 0. The minimum atomic E-state index is -0.868. The first-order valence-corrected chi connectivity index (χ1v) is 12.0. The van der Waals surface area contributed by atoms with Crippen LogP contribution in [0.5, 0.6) is 0 Å². The summed E-state index contributed by atoms with van der Waals surface area (Å²) in [5, 5.41) is 11.8. The fraction of sp³-hybridized carbons (Fsp3) is 0.182. The number of aromatic carboxylic acids is 1. The number of carboxylic acids is 1. The van der Waals surface area contributed by atoms with Crippen molar-refractivity contribution in [2.24, 2.45) is 0 Å². The standard InChI is InChI=1S/C22H20N2O2STe/c1-23(2)13-5-7-15-19(11-13)28-20-12-14(24(3)4)6-8-16(20)21(15)17-9-10-18(27-17)22(25)26/h5-12H,1-4H3/p+1. The van der Waals surface area contributed by atoms with Gasteiger partial charge in [-0.05, 0) is 0 Å². The molecule has 0 amide bonds. The number of benzene rings is 2. The van der Waals surface area contributed by atoms with Crippen molar-refractivity contribution in [3.8, 4) is 19.6 Å². The van der Waals surface area contributed by atoms with Gasteiger partial charge in [0.1, 0.15) is 0 Å². The molecule has 1 aromatic carbocycles. The monoisotopic (exact) mass is 507 g/mol. The molecule has 0 spiro atoms. The van der Waals surface area contributed by atoms with Gasteiger partial charge in [0.2, 0.25) is 0 Å². The van der Waals surface area contributed by atoms with Crippen LogP contribution in [-0.4, -0.2) is 59.7 Å². The van der Waals surface area contributed by atoms with Gasteiger partial charge in [0.25, 0.3) is 0 Å². The van der Waals surface area contributed by atoms with Crippen LogP contribution in [0, 0.1) is 0 Å². The summed E-state index contributed by atoms with van der Waals surface area (Å²) < 4.78 is 4.94. The molecule has 2 aliphatic rings. The van der Waals surface area contributed by atoms with E-state index in [0.29, 0.717) is 4.88 Å². The Morgan fingerprint density at radius 1 is 1.07 bits per heavy atom. The van der Waals surface area contributed by atoms with E-state index in [2.05, 4.69) is 74.1 Å². The van der Waals surface area contributed by atoms with Gasteiger partial charge in [0.15, 0.2) is 0 Å². The molecule has 28 heavy (non-hydrogen) atoms. The van der Waals surface area contributed by atoms with Gasteiger partial charge in [-0.1, -0.05) is 0 Å². The number of anilines is 1. The van der Waals surface area contributed by atoms with Crippen LogP contribution in [0.25, 0.3) is 28.4 Å². The third-order valence-corrected chi connectivity index (χ3v) is 9.06. The van der Waals surface area contributed by atoms with Gasteiger partial charge in [0, 0.05) is 0 Å². The Kier molecular flexibility index (Phi) is 5.05. The molecule has 0 bridgehead atoms. The molecule has 0 saturated heterocycles. The van der Waals surface area contributed by atoms with Gasteiger partial charge in [-0.15, -0.1) is 0 Å². The number of hydrogen-bond donors (Lipinski definition) is 1. The predicted molar refractivity (Wildman–Crippen MR) is 119 cm³/mol. The number of nitrogens with zero attached hydrogens (tertiary/aromatic N) is 2. The van der Waals surface area contributed by atoms with Crippen LogP contribution < -0.4 is 14.8 Å². The van der Waals surface area contributed by atoms with Crippen LogP contribution in [0.2, 0.25) is 0 Å². The Morgan fingerprint density at radius 2 is 1.86 bits per heavy atom. The number of carbonyl (C=O) groups is 1. The predicted octanol–water partition coefficient (Wildman–Crippen LogP) is 3.53. The molecule has 2 heterocycles. The zero-order valence-electron chi connectivity index (χ0n) is 16.2. The Bertz CT molecular complexity index is 1250. The average molecular weight is 505 g/mol. The van der Waals surface area contributed by atoms with Crippen molar-refractivity contribution in [1.29, 1.82) is 0 Å². The third-order valence-electron chi connectivity index (χ3n) is 4.78. The number of rotatable bonds is 3. The molecule has 6 heteroatoms. The van der Waals surface area contributed by atoms with E-state index in [1.54, 1.807) is 6.07 Å². The van der Waals surface area contributed by atoms with Gasteiger partial charge in [0.05, 0.1) is 0 Å². The van der Waals surface area contributed by atoms with E-state index in [-0.39, 0.29) is 0 Å². The molecular formula is C22H21N2O2STe+. The van der Waals surface area contributed by atoms with Crippen LogP contribution in [0.4, 0.5) is 5.69 Å². The van der Waals surface area contributed by atoms with E-state index in [1.165, 1.54) is 40.3 Å². The van der Waals surface area contributed by atoms with Crippen LogP contribution in [0.1, 0.15) is 9.67 Å². The molecule has 0 fully saturated rings. The van der Waals surface area contributed by atoms with Crippen LogP contribution >= 0.6 is 11.3 Å². The molecule has 142 valence electrons. The molecule has 2 aromatic rings. The second-order valence-electron chi connectivity index (χ2n) is 7.10. The summed E-state index contributed by atoms with van der Waals surface area (Å²) in [5.74, 6) is -0.868. The molecule has 4 nitrogen and oxygen atoms in total. The van der Waals surface area contributed by atoms with Crippen LogP contribution in [0.3, 0.4) is 0 Å². The van der Waals surface area contributed by atoms with E-state index in [1.807, 2.05) is 6.07 Å². The number of thiophene rings is 1. The molecular weight excluding hydrogens is 484 g/mol. The zero-order chi connectivity index (χ0) is 20.0. The number of carboxylic acid groups (broad SMARTS) is 1. The molecule has 1 aromatic heterocycles. The normalized spacial score (nSPS) is 11.1. The van der Waals surface area contributed by atoms with Crippen molar-refractivity contribution in [1.82, 2.24) is 4.58 Å². The first-order valence-electron chi connectivity index (χ1n) is 8.87. The van der Waals surface area contributed by atoms with Crippen molar-refractivity contribution in [3.63, 3.8) is 0 Å².